The molecule has 0 aliphatic carbocycles. The Balaban J connectivity index is 1.52. The zero-order valence-corrected chi connectivity index (χ0v) is 23.7. The number of ether oxygens (including phenoxy) is 1. The summed E-state index contributed by atoms with van der Waals surface area (Å²) < 4.78 is 6.15. The number of nitrogens with zero attached hydrogens (tertiary/aromatic N) is 1. The molecule has 3 aliphatic rings. The van der Waals surface area contributed by atoms with Gasteiger partial charge in [-0.1, -0.05) is 76.6 Å². The summed E-state index contributed by atoms with van der Waals surface area (Å²) >= 11 is 3.46. The molecule has 1 saturated heterocycles. The fourth-order valence-corrected chi connectivity index (χ4v) is 7.10. The molecule has 0 saturated carbocycles. The molecule has 4 atom stereocenters. The lowest BCUT2D eigenvalue weighted by atomic mass is 9.64. The summed E-state index contributed by atoms with van der Waals surface area (Å²) in [4.78, 5) is 45.8. The highest BCUT2D eigenvalue weighted by molar-refractivity contribution is 9.10. The van der Waals surface area contributed by atoms with Crippen molar-refractivity contribution >= 4 is 50.9 Å². The maximum atomic E-state index is 14.8. The fourth-order valence-electron chi connectivity index (χ4n) is 6.84. The number of ketones is 2. The van der Waals surface area contributed by atoms with E-state index in [1.54, 1.807) is 55.6 Å². The van der Waals surface area contributed by atoms with Crippen LogP contribution in [0.25, 0.3) is 6.08 Å². The fraction of sp³-hybridized carbons (Fsp3) is 0.147. The second-order valence-electron chi connectivity index (χ2n) is 10.5. The Hall–Kier alpha value is -4.49. The number of fused-ring (bicyclic) bond motifs is 6. The smallest absolute Gasteiger partial charge is 0.238 e. The number of halogens is 1. The quantitative estimate of drug-likeness (QED) is 0.270. The standard InChI is InChI=1S/C34H25BrN2O4/c1-41-24-17-12-22(13-18-24)32(39)30-29(31(38)21-10-15-23(35)16-11-21)34(25-7-3-4-8-26(25)36-33(34)40)28-19-14-20-6-2-5-9-27(20)37(28)30/h2-19,28-30H,1H3,(H,36,40)/t28-,29+,30-,34-/m0/s1. The predicted molar refractivity (Wildman–Crippen MR) is 162 cm³/mol. The first-order chi connectivity index (χ1) is 19.9. The van der Waals surface area contributed by atoms with Gasteiger partial charge in [0.15, 0.2) is 11.6 Å². The van der Waals surface area contributed by atoms with Crippen LogP contribution in [-0.4, -0.2) is 36.7 Å². The van der Waals surface area contributed by atoms with Gasteiger partial charge in [0.1, 0.15) is 17.2 Å². The molecule has 0 unspecified atom stereocenters. The molecule has 3 aliphatic heterocycles. The summed E-state index contributed by atoms with van der Waals surface area (Å²) in [6.45, 7) is 0. The maximum absolute atomic E-state index is 14.8. The van der Waals surface area contributed by atoms with Crippen LogP contribution >= 0.6 is 15.9 Å². The lowest BCUT2D eigenvalue weighted by Crippen LogP contribution is -2.51. The van der Waals surface area contributed by atoms with E-state index in [2.05, 4.69) is 21.2 Å². The van der Waals surface area contributed by atoms with E-state index in [1.807, 2.05) is 65.6 Å². The van der Waals surface area contributed by atoms with Crippen LogP contribution in [0.2, 0.25) is 0 Å². The van der Waals surface area contributed by atoms with Crippen molar-refractivity contribution in [3.8, 4) is 5.75 Å². The third-order valence-electron chi connectivity index (χ3n) is 8.60. The topological polar surface area (TPSA) is 75.7 Å². The predicted octanol–water partition coefficient (Wildman–Crippen LogP) is 6.31. The Kier molecular flexibility index (Phi) is 5.94. The van der Waals surface area contributed by atoms with Gasteiger partial charge in [-0.05, 0) is 59.7 Å². The molecule has 3 heterocycles. The number of rotatable bonds is 5. The summed E-state index contributed by atoms with van der Waals surface area (Å²) in [5.74, 6) is -1.15. The van der Waals surface area contributed by atoms with E-state index >= 15 is 0 Å². The number of methoxy groups -OCH3 is 1. The van der Waals surface area contributed by atoms with Crippen LogP contribution in [0.15, 0.2) is 108 Å². The van der Waals surface area contributed by atoms with Crippen molar-refractivity contribution in [1.29, 1.82) is 0 Å². The Morgan fingerprint density at radius 3 is 2.27 bits per heavy atom. The molecule has 4 aromatic carbocycles. The highest BCUT2D eigenvalue weighted by Crippen LogP contribution is 2.58. The second-order valence-corrected chi connectivity index (χ2v) is 11.4. The van der Waals surface area contributed by atoms with Crippen LogP contribution in [0, 0.1) is 5.92 Å². The molecule has 41 heavy (non-hydrogen) atoms. The number of benzene rings is 4. The van der Waals surface area contributed by atoms with Gasteiger partial charge in [0.05, 0.1) is 19.1 Å². The molecule has 202 valence electrons. The first kappa shape index (κ1) is 25.5. The molecule has 1 N–H and O–H groups in total. The molecule has 7 rings (SSSR count). The minimum atomic E-state index is -1.34. The molecule has 0 bridgehead atoms. The van der Waals surface area contributed by atoms with Gasteiger partial charge < -0.3 is 15.0 Å². The monoisotopic (exact) mass is 604 g/mol. The first-order valence-corrected chi connectivity index (χ1v) is 14.2. The number of anilines is 2. The average Bonchev–Trinajstić information content (AvgIpc) is 3.49. The normalized spacial score (nSPS) is 23.5. The van der Waals surface area contributed by atoms with Gasteiger partial charge in [0, 0.05) is 27.0 Å². The van der Waals surface area contributed by atoms with Crippen molar-refractivity contribution in [3.63, 3.8) is 0 Å². The van der Waals surface area contributed by atoms with Crippen molar-refractivity contribution < 1.29 is 19.1 Å². The summed E-state index contributed by atoms with van der Waals surface area (Å²) in [7, 11) is 1.57. The van der Waals surface area contributed by atoms with Crippen molar-refractivity contribution in [3.05, 3.63) is 130 Å². The number of para-hydroxylation sites is 2. The molecule has 4 aromatic rings. The number of carbonyl (C=O) groups is 3. The van der Waals surface area contributed by atoms with Gasteiger partial charge in [-0.15, -0.1) is 0 Å². The van der Waals surface area contributed by atoms with Crippen molar-refractivity contribution in [2.75, 3.05) is 17.3 Å². The lowest BCUT2D eigenvalue weighted by Gasteiger charge is -2.37. The number of carbonyl (C=O) groups excluding carboxylic acids is 3. The van der Waals surface area contributed by atoms with Crippen molar-refractivity contribution in [2.24, 2.45) is 5.92 Å². The number of amides is 1. The molecule has 1 spiro atoms. The van der Waals surface area contributed by atoms with Gasteiger partial charge in [-0.2, -0.15) is 0 Å². The summed E-state index contributed by atoms with van der Waals surface area (Å²) in [5.41, 5.74) is 2.68. The zero-order chi connectivity index (χ0) is 28.3. The highest BCUT2D eigenvalue weighted by atomic mass is 79.9. The van der Waals surface area contributed by atoms with Gasteiger partial charge in [-0.3, -0.25) is 14.4 Å². The van der Waals surface area contributed by atoms with Crippen LogP contribution in [-0.2, 0) is 10.2 Å². The average molecular weight is 605 g/mol. The van der Waals surface area contributed by atoms with Gasteiger partial charge >= 0.3 is 0 Å². The zero-order valence-electron chi connectivity index (χ0n) is 22.1. The van der Waals surface area contributed by atoms with Crippen molar-refractivity contribution in [1.82, 2.24) is 0 Å². The maximum Gasteiger partial charge on any atom is 0.238 e. The highest BCUT2D eigenvalue weighted by Gasteiger charge is 2.70. The van der Waals surface area contributed by atoms with Gasteiger partial charge in [0.2, 0.25) is 5.91 Å². The van der Waals surface area contributed by atoms with Gasteiger partial charge in [0.25, 0.3) is 0 Å². The van der Waals surface area contributed by atoms with E-state index in [4.69, 9.17) is 4.74 Å². The number of nitrogens with one attached hydrogen (secondary N) is 1. The molecule has 0 radical (unpaired) electrons. The molecule has 6 nitrogen and oxygen atoms in total. The first-order valence-electron chi connectivity index (χ1n) is 13.4. The van der Waals surface area contributed by atoms with Crippen LogP contribution < -0.4 is 15.0 Å². The SMILES string of the molecule is COc1ccc(C(=O)[C@@H]2[C@H](C(=O)c3ccc(Br)cc3)[C@@]3(C(=O)Nc4ccccc43)[C@@H]3C=Cc4ccccc4N23)cc1. The summed E-state index contributed by atoms with van der Waals surface area (Å²) in [6, 6.07) is 27.8. The lowest BCUT2D eigenvalue weighted by molar-refractivity contribution is -0.121. The van der Waals surface area contributed by atoms with Crippen LogP contribution in [0.3, 0.4) is 0 Å². The number of hydrogen-bond acceptors (Lipinski definition) is 5. The molecule has 7 heteroatoms. The summed E-state index contributed by atoms with van der Waals surface area (Å²) in [6.07, 6.45) is 3.97. The molecule has 0 aromatic heterocycles. The Labute approximate surface area is 245 Å². The Morgan fingerprint density at radius 1 is 0.854 bits per heavy atom. The van der Waals surface area contributed by atoms with E-state index in [1.165, 1.54) is 0 Å². The third kappa shape index (κ3) is 3.65. The Morgan fingerprint density at radius 2 is 1.51 bits per heavy atom. The summed E-state index contributed by atoms with van der Waals surface area (Å²) in [5, 5.41) is 3.06. The van der Waals surface area contributed by atoms with E-state index in [0.29, 0.717) is 22.6 Å². The van der Waals surface area contributed by atoms with E-state index < -0.39 is 23.4 Å². The minimum Gasteiger partial charge on any atom is -0.497 e. The van der Waals surface area contributed by atoms with Crippen LogP contribution in [0.1, 0.15) is 31.8 Å². The van der Waals surface area contributed by atoms with Crippen molar-refractivity contribution in [2.45, 2.75) is 17.5 Å². The van der Waals surface area contributed by atoms with E-state index in [9.17, 15) is 14.4 Å². The number of hydrogen-bond donors (Lipinski definition) is 1. The van der Waals surface area contributed by atoms with Crippen LogP contribution in [0.5, 0.6) is 5.75 Å². The second kappa shape index (κ2) is 9.56. The number of Topliss-reactive ketones (excluding diaryl/α,β-unsaturated/α-hetero) is 2. The largest absolute Gasteiger partial charge is 0.497 e. The molecule has 1 amide bonds. The molecule has 1 fully saturated rings. The van der Waals surface area contributed by atoms with Crippen LogP contribution in [0.4, 0.5) is 11.4 Å². The molecular weight excluding hydrogens is 580 g/mol. The Bertz CT molecular complexity index is 1750. The molecular formula is C34H25BrN2O4. The van der Waals surface area contributed by atoms with Gasteiger partial charge in [-0.25, -0.2) is 0 Å². The minimum absolute atomic E-state index is 0.229. The van der Waals surface area contributed by atoms with E-state index in [-0.39, 0.29) is 17.5 Å². The third-order valence-corrected chi connectivity index (χ3v) is 9.12. The van der Waals surface area contributed by atoms with E-state index in [0.717, 1.165) is 21.3 Å².